The molecular weight excluding hydrogens is 264 g/mol. The number of anilines is 1. The van der Waals surface area contributed by atoms with E-state index in [1.807, 2.05) is 19.0 Å². The van der Waals surface area contributed by atoms with Gasteiger partial charge < -0.3 is 15.5 Å². The molecule has 6 heteroatoms. The second-order valence-corrected chi connectivity index (χ2v) is 5.38. The summed E-state index contributed by atoms with van der Waals surface area (Å²) in [5.41, 5.74) is 4.66. The van der Waals surface area contributed by atoms with Crippen molar-refractivity contribution < 1.29 is 13.6 Å². The maximum absolute atomic E-state index is 13.9. The molecule has 0 radical (unpaired) electrons. The van der Waals surface area contributed by atoms with Crippen molar-refractivity contribution in [3.05, 3.63) is 29.3 Å². The van der Waals surface area contributed by atoms with Crippen LogP contribution < -0.4 is 5.73 Å². The molecule has 1 aromatic carbocycles. The van der Waals surface area contributed by atoms with Crippen LogP contribution in [-0.4, -0.2) is 48.9 Å². The number of likely N-dealkylation sites (tertiary alicyclic amines) is 1. The highest BCUT2D eigenvalue weighted by Crippen LogP contribution is 2.25. The fourth-order valence-corrected chi connectivity index (χ4v) is 2.62. The Hall–Kier alpha value is -1.69. The van der Waals surface area contributed by atoms with E-state index in [9.17, 15) is 13.6 Å². The van der Waals surface area contributed by atoms with Crippen LogP contribution in [0.1, 0.15) is 23.2 Å². The number of rotatable bonds is 3. The lowest BCUT2D eigenvalue weighted by Crippen LogP contribution is -2.42. The minimum atomic E-state index is -0.967. The maximum Gasteiger partial charge on any atom is 0.260 e. The van der Waals surface area contributed by atoms with Gasteiger partial charge in [-0.3, -0.25) is 4.79 Å². The zero-order valence-corrected chi connectivity index (χ0v) is 11.7. The molecule has 2 rings (SSSR count). The summed E-state index contributed by atoms with van der Waals surface area (Å²) in [6.07, 6.45) is 1.69. The molecule has 0 aliphatic carbocycles. The van der Waals surface area contributed by atoms with Gasteiger partial charge in [0.1, 0.15) is 11.4 Å². The third kappa shape index (κ3) is 2.75. The summed E-state index contributed by atoms with van der Waals surface area (Å²) < 4.78 is 27.7. The second-order valence-electron chi connectivity index (χ2n) is 5.38. The zero-order chi connectivity index (χ0) is 14.9. The SMILES string of the molecule is CN(C)CC1CCCN1C(=O)c1c(F)ccc(N)c1F. The molecule has 1 aliphatic rings. The molecule has 20 heavy (non-hydrogen) atoms. The highest BCUT2D eigenvalue weighted by Gasteiger charge is 2.33. The second kappa shape index (κ2) is 5.75. The van der Waals surface area contributed by atoms with Gasteiger partial charge in [-0.15, -0.1) is 0 Å². The minimum Gasteiger partial charge on any atom is -0.396 e. The Kier molecular flexibility index (Phi) is 4.23. The van der Waals surface area contributed by atoms with Crippen molar-refractivity contribution in [2.75, 3.05) is 32.9 Å². The molecule has 1 aliphatic heterocycles. The summed E-state index contributed by atoms with van der Waals surface area (Å²) in [6, 6.07) is 2.14. The van der Waals surface area contributed by atoms with Crippen LogP contribution in [0.5, 0.6) is 0 Å². The number of halogens is 2. The van der Waals surface area contributed by atoms with Crippen molar-refractivity contribution in [3.8, 4) is 0 Å². The smallest absolute Gasteiger partial charge is 0.260 e. The number of nitrogens with zero attached hydrogens (tertiary/aromatic N) is 2. The lowest BCUT2D eigenvalue weighted by atomic mass is 10.1. The molecule has 0 saturated carbocycles. The summed E-state index contributed by atoms with van der Waals surface area (Å²) >= 11 is 0. The van der Waals surface area contributed by atoms with Crippen LogP contribution in [0.25, 0.3) is 0 Å². The first-order chi connectivity index (χ1) is 9.41. The maximum atomic E-state index is 13.9. The third-order valence-electron chi connectivity index (χ3n) is 3.55. The number of amides is 1. The number of carbonyl (C=O) groups is 1. The highest BCUT2D eigenvalue weighted by molar-refractivity contribution is 5.96. The van der Waals surface area contributed by atoms with Crippen LogP contribution in [0.3, 0.4) is 0 Å². The Balaban J connectivity index is 2.29. The topological polar surface area (TPSA) is 49.6 Å². The average molecular weight is 283 g/mol. The van der Waals surface area contributed by atoms with Crippen molar-refractivity contribution in [1.29, 1.82) is 0 Å². The Morgan fingerprint density at radius 2 is 2.15 bits per heavy atom. The van der Waals surface area contributed by atoms with Gasteiger partial charge in [0.15, 0.2) is 5.82 Å². The summed E-state index contributed by atoms with van der Waals surface area (Å²) in [6.45, 7) is 1.20. The van der Waals surface area contributed by atoms with Crippen molar-refractivity contribution >= 4 is 11.6 Å². The molecule has 1 atom stereocenters. The Labute approximate surface area is 117 Å². The standard InChI is InChI=1S/C14H19F2N3O/c1-18(2)8-9-4-3-7-19(9)14(20)12-10(15)5-6-11(17)13(12)16/h5-6,9H,3-4,7-8,17H2,1-2H3. The largest absolute Gasteiger partial charge is 0.396 e. The van der Waals surface area contributed by atoms with Gasteiger partial charge in [-0.2, -0.15) is 0 Å². The van der Waals surface area contributed by atoms with E-state index in [-0.39, 0.29) is 11.7 Å². The molecule has 110 valence electrons. The first kappa shape index (κ1) is 14.7. The van der Waals surface area contributed by atoms with E-state index >= 15 is 0 Å². The summed E-state index contributed by atoms with van der Waals surface area (Å²) in [4.78, 5) is 15.9. The first-order valence-corrected chi connectivity index (χ1v) is 6.61. The van der Waals surface area contributed by atoms with Gasteiger partial charge in [0.05, 0.1) is 5.69 Å². The number of likely N-dealkylation sites (N-methyl/N-ethyl adjacent to an activating group) is 1. The van der Waals surface area contributed by atoms with E-state index in [1.54, 1.807) is 4.90 Å². The molecular formula is C14H19F2N3O. The molecule has 4 nitrogen and oxygen atoms in total. The molecule has 2 N–H and O–H groups in total. The molecule has 1 fully saturated rings. The van der Waals surface area contributed by atoms with Gasteiger partial charge in [0.25, 0.3) is 5.91 Å². The Bertz CT molecular complexity index is 519. The molecule has 1 aromatic rings. The Morgan fingerprint density at radius 1 is 1.45 bits per heavy atom. The quantitative estimate of drug-likeness (QED) is 0.859. The van der Waals surface area contributed by atoms with Crippen molar-refractivity contribution in [1.82, 2.24) is 9.80 Å². The summed E-state index contributed by atoms with van der Waals surface area (Å²) in [5, 5.41) is 0. The molecule has 1 heterocycles. The van der Waals surface area contributed by atoms with Crippen LogP contribution >= 0.6 is 0 Å². The van der Waals surface area contributed by atoms with Gasteiger partial charge in [-0.05, 0) is 39.1 Å². The van der Waals surface area contributed by atoms with E-state index in [4.69, 9.17) is 5.73 Å². The fourth-order valence-electron chi connectivity index (χ4n) is 2.62. The van der Waals surface area contributed by atoms with E-state index in [2.05, 4.69) is 0 Å². The lowest BCUT2D eigenvalue weighted by molar-refractivity contribution is 0.0707. The predicted molar refractivity (Wildman–Crippen MR) is 73.4 cm³/mol. The molecule has 0 spiro atoms. The van der Waals surface area contributed by atoms with E-state index in [1.165, 1.54) is 0 Å². The molecule has 0 aromatic heterocycles. The van der Waals surface area contributed by atoms with Gasteiger partial charge in [0, 0.05) is 19.1 Å². The predicted octanol–water partition coefficient (Wildman–Crippen LogP) is 1.71. The number of nitrogen functional groups attached to an aromatic ring is 1. The normalized spacial score (nSPS) is 18.9. The van der Waals surface area contributed by atoms with Gasteiger partial charge in [-0.25, -0.2) is 8.78 Å². The van der Waals surface area contributed by atoms with Crippen LogP contribution in [0.4, 0.5) is 14.5 Å². The highest BCUT2D eigenvalue weighted by atomic mass is 19.1. The third-order valence-corrected chi connectivity index (χ3v) is 3.55. The van der Waals surface area contributed by atoms with Crippen molar-refractivity contribution in [3.63, 3.8) is 0 Å². The monoisotopic (exact) mass is 283 g/mol. The minimum absolute atomic E-state index is 0.0160. The molecule has 1 amide bonds. The molecule has 1 saturated heterocycles. The number of carbonyl (C=O) groups excluding carboxylic acids is 1. The van der Waals surface area contributed by atoms with Crippen LogP contribution in [0, 0.1) is 11.6 Å². The van der Waals surface area contributed by atoms with E-state index in [0.29, 0.717) is 13.1 Å². The molecule has 1 unspecified atom stereocenters. The summed E-state index contributed by atoms with van der Waals surface area (Å²) in [5.74, 6) is -2.45. The number of hydrogen-bond donors (Lipinski definition) is 1. The number of benzene rings is 1. The van der Waals surface area contributed by atoms with Crippen molar-refractivity contribution in [2.45, 2.75) is 18.9 Å². The zero-order valence-electron chi connectivity index (χ0n) is 11.7. The number of nitrogens with two attached hydrogens (primary N) is 1. The first-order valence-electron chi connectivity index (χ1n) is 6.61. The van der Waals surface area contributed by atoms with Gasteiger partial charge in [-0.1, -0.05) is 0 Å². The van der Waals surface area contributed by atoms with Gasteiger partial charge >= 0.3 is 0 Å². The van der Waals surface area contributed by atoms with Gasteiger partial charge in [0.2, 0.25) is 0 Å². The average Bonchev–Trinajstić information content (AvgIpc) is 2.81. The van der Waals surface area contributed by atoms with Crippen molar-refractivity contribution in [2.24, 2.45) is 0 Å². The Morgan fingerprint density at radius 3 is 2.80 bits per heavy atom. The van der Waals surface area contributed by atoms with E-state index < -0.39 is 23.1 Å². The fraction of sp³-hybridized carbons (Fsp3) is 0.500. The number of hydrogen-bond acceptors (Lipinski definition) is 3. The lowest BCUT2D eigenvalue weighted by Gasteiger charge is -2.27. The van der Waals surface area contributed by atoms with Crippen LogP contribution in [-0.2, 0) is 0 Å². The summed E-state index contributed by atoms with van der Waals surface area (Å²) in [7, 11) is 3.81. The molecule has 0 bridgehead atoms. The van der Waals surface area contributed by atoms with Crippen LogP contribution in [0.2, 0.25) is 0 Å². The van der Waals surface area contributed by atoms with E-state index in [0.717, 1.165) is 25.0 Å². The van der Waals surface area contributed by atoms with Crippen LogP contribution in [0.15, 0.2) is 12.1 Å².